The summed E-state index contributed by atoms with van der Waals surface area (Å²) in [7, 11) is 0. The first kappa shape index (κ1) is 23.1. The number of aliphatic hydroxyl groups is 1. The molecule has 4 fully saturated rings. The van der Waals surface area contributed by atoms with Gasteiger partial charge in [-0.15, -0.1) is 0 Å². The molecule has 1 N–H and O–H groups in total. The minimum absolute atomic E-state index is 0.0337. The second-order valence-electron chi connectivity index (χ2n) is 15.2. The average molecular weight is 441 g/mol. The molecule has 8 atom stereocenters. The van der Waals surface area contributed by atoms with Crippen LogP contribution in [0.1, 0.15) is 113 Å². The van der Waals surface area contributed by atoms with E-state index in [2.05, 4.69) is 61.5 Å². The Labute approximate surface area is 197 Å². The second kappa shape index (κ2) is 6.52. The van der Waals surface area contributed by atoms with Crippen molar-refractivity contribution in [3.8, 4) is 0 Å². The molecule has 2 heteroatoms. The summed E-state index contributed by atoms with van der Waals surface area (Å²) in [5, 5.41) is 10.9. The lowest BCUT2D eigenvalue weighted by Gasteiger charge is -2.70. The molecule has 5 aliphatic carbocycles. The molecule has 4 saturated carbocycles. The lowest BCUT2D eigenvalue weighted by molar-refractivity contribution is -0.177. The number of aliphatic hydroxyl groups excluding tert-OH is 1. The normalized spacial score (nSPS) is 53.9. The van der Waals surface area contributed by atoms with Gasteiger partial charge in [0, 0.05) is 5.92 Å². The molecule has 0 aliphatic heterocycles. The van der Waals surface area contributed by atoms with Gasteiger partial charge in [-0.1, -0.05) is 61.0 Å². The standard InChI is InChI=1S/C30H48O2/c1-25(2)13-14-27(5)15-16-30(8)24(19(27)18-25)20(31)17-22-28(6)11-10-23(32)26(3,4)21(28)9-12-29(22,30)7/h17,19,21,23-24,32H,9-16,18H2,1-8H3. The van der Waals surface area contributed by atoms with Crippen molar-refractivity contribution >= 4 is 5.78 Å². The number of hydrogen-bond acceptors (Lipinski definition) is 2. The maximum Gasteiger partial charge on any atom is 0.159 e. The minimum atomic E-state index is -0.229. The molecule has 0 radical (unpaired) electrons. The highest BCUT2D eigenvalue weighted by Gasteiger charge is 2.69. The van der Waals surface area contributed by atoms with E-state index in [1.807, 2.05) is 0 Å². The molecule has 5 aliphatic rings. The Balaban J connectivity index is 1.63. The highest BCUT2D eigenvalue weighted by molar-refractivity contribution is 5.95. The van der Waals surface area contributed by atoms with Gasteiger partial charge in [0.1, 0.15) is 0 Å². The molecule has 0 aromatic rings. The number of carbonyl (C=O) groups excluding carboxylic acids is 1. The highest BCUT2D eigenvalue weighted by Crippen LogP contribution is 2.75. The maximum atomic E-state index is 14.2. The zero-order chi connectivity index (χ0) is 23.5. The van der Waals surface area contributed by atoms with Crippen LogP contribution >= 0.6 is 0 Å². The summed E-state index contributed by atoms with van der Waals surface area (Å²) in [4.78, 5) is 14.2. The van der Waals surface area contributed by atoms with E-state index in [1.54, 1.807) is 0 Å². The molecule has 0 heterocycles. The van der Waals surface area contributed by atoms with Crippen LogP contribution in [-0.2, 0) is 4.79 Å². The van der Waals surface area contributed by atoms with Crippen LogP contribution in [0.5, 0.6) is 0 Å². The number of fused-ring (bicyclic) bond motifs is 7. The van der Waals surface area contributed by atoms with Crippen LogP contribution in [0, 0.1) is 50.2 Å². The predicted molar refractivity (Wildman–Crippen MR) is 131 cm³/mol. The molecule has 0 amide bonds. The van der Waals surface area contributed by atoms with E-state index in [4.69, 9.17) is 0 Å². The number of hydrogen-bond donors (Lipinski definition) is 1. The maximum absolute atomic E-state index is 14.2. The van der Waals surface area contributed by atoms with Crippen molar-refractivity contribution in [3.05, 3.63) is 11.6 Å². The molecule has 32 heavy (non-hydrogen) atoms. The zero-order valence-electron chi connectivity index (χ0n) is 22.1. The van der Waals surface area contributed by atoms with Crippen LogP contribution in [0.2, 0.25) is 0 Å². The van der Waals surface area contributed by atoms with Gasteiger partial charge in [-0.05, 0) is 108 Å². The zero-order valence-corrected chi connectivity index (χ0v) is 22.1. The first-order valence-electron chi connectivity index (χ1n) is 13.6. The first-order valence-corrected chi connectivity index (χ1v) is 13.6. The third-order valence-electron chi connectivity index (χ3n) is 12.8. The summed E-state index contributed by atoms with van der Waals surface area (Å²) in [6.07, 6.45) is 12.4. The van der Waals surface area contributed by atoms with Crippen molar-refractivity contribution in [3.63, 3.8) is 0 Å². The van der Waals surface area contributed by atoms with Crippen molar-refractivity contribution in [2.45, 2.75) is 119 Å². The van der Waals surface area contributed by atoms with Crippen LogP contribution < -0.4 is 0 Å². The van der Waals surface area contributed by atoms with E-state index in [-0.39, 0.29) is 33.7 Å². The lowest BCUT2D eigenvalue weighted by Crippen LogP contribution is -2.65. The van der Waals surface area contributed by atoms with Gasteiger partial charge in [0.25, 0.3) is 0 Å². The number of rotatable bonds is 0. The molecular weight excluding hydrogens is 392 g/mol. The lowest BCUT2D eigenvalue weighted by atomic mass is 9.34. The summed E-state index contributed by atoms with van der Waals surface area (Å²) in [5.41, 5.74) is 2.23. The van der Waals surface area contributed by atoms with Crippen molar-refractivity contribution < 1.29 is 9.90 Å². The summed E-state index contributed by atoms with van der Waals surface area (Å²) in [6, 6.07) is 0. The largest absolute Gasteiger partial charge is 0.393 e. The Morgan fingerprint density at radius 3 is 2.19 bits per heavy atom. The van der Waals surface area contributed by atoms with Crippen LogP contribution in [0.3, 0.4) is 0 Å². The van der Waals surface area contributed by atoms with Crippen LogP contribution in [0.15, 0.2) is 11.6 Å². The van der Waals surface area contributed by atoms with Gasteiger partial charge in [0.2, 0.25) is 0 Å². The molecule has 8 unspecified atom stereocenters. The van der Waals surface area contributed by atoms with Crippen molar-refractivity contribution in [1.82, 2.24) is 0 Å². The Bertz CT molecular complexity index is 866. The highest BCUT2D eigenvalue weighted by atomic mass is 16.3. The van der Waals surface area contributed by atoms with Gasteiger partial charge < -0.3 is 5.11 Å². The van der Waals surface area contributed by atoms with Gasteiger partial charge in [-0.3, -0.25) is 4.79 Å². The van der Waals surface area contributed by atoms with Gasteiger partial charge in [-0.2, -0.15) is 0 Å². The second-order valence-corrected chi connectivity index (χ2v) is 15.2. The number of carbonyl (C=O) groups is 1. The number of allylic oxidation sites excluding steroid dienone is 2. The molecule has 0 aromatic carbocycles. The van der Waals surface area contributed by atoms with Crippen LogP contribution in [-0.4, -0.2) is 17.0 Å². The average Bonchev–Trinajstić information content (AvgIpc) is 2.68. The van der Waals surface area contributed by atoms with E-state index in [9.17, 15) is 9.90 Å². The van der Waals surface area contributed by atoms with Gasteiger partial charge >= 0.3 is 0 Å². The third kappa shape index (κ3) is 2.71. The van der Waals surface area contributed by atoms with Crippen molar-refractivity contribution in [1.29, 1.82) is 0 Å². The van der Waals surface area contributed by atoms with Gasteiger partial charge in [0.05, 0.1) is 6.10 Å². The Morgan fingerprint density at radius 2 is 1.50 bits per heavy atom. The fourth-order valence-corrected chi connectivity index (χ4v) is 10.3. The minimum Gasteiger partial charge on any atom is -0.393 e. The molecule has 0 bridgehead atoms. The van der Waals surface area contributed by atoms with E-state index in [1.165, 1.54) is 50.5 Å². The summed E-state index contributed by atoms with van der Waals surface area (Å²) >= 11 is 0. The quantitative estimate of drug-likeness (QED) is 0.427. The summed E-state index contributed by atoms with van der Waals surface area (Å²) in [6.45, 7) is 19.4. The van der Waals surface area contributed by atoms with Gasteiger partial charge in [-0.25, -0.2) is 0 Å². The van der Waals surface area contributed by atoms with E-state index >= 15 is 0 Å². The monoisotopic (exact) mass is 440 g/mol. The molecule has 0 spiro atoms. The summed E-state index contributed by atoms with van der Waals surface area (Å²) in [5.74, 6) is 1.59. The van der Waals surface area contributed by atoms with Crippen LogP contribution in [0.4, 0.5) is 0 Å². The molecule has 2 nitrogen and oxygen atoms in total. The Kier molecular flexibility index (Phi) is 4.71. The van der Waals surface area contributed by atoms with Crippen molar-refractivity contribution in [2.24, 2.45) is 50.2 Å². The first-order chi connectivity index (χ1) is 14.6. The summed E-state index contributed by atoms with van der Waals surface area (Å²) < 4.78 is 0. The van der Waals surface area contributed by atoms with Crippen molar-refractivity contribution in [2.75, 3.05) is 0 Å². The third-order valence-corrected chi connectivity index (χ3v) is 12.8. The van der Waals surface area contributed by atoms with E-state index in [0.717, 1.165) is 12.8 Å². The Morgan fingerprint density at radius 1 is 0.844 bits per heavy atom. The van der Waals surface area contributed by atoms with Crippen LogP contribution in [0.25, 0.3) is 0 Å². The number of ketones is 1. The van der Waals surface area contributed by atoms with Gasteiger partial charge in [0.15, 0.2) is 5.78 Å². The fourth-order valence-electron chi connectivity index (χ4n) is 10.3. The van der Waals surface area contributed by atoms with E-state index in [0.29, 0.717) is 28.4 Å². The topological polar surface area (TPSA) is 37.3 Å². The predicted octanol–water partition coefficient (Wildman–Crippen LogP) is 7.35. The fraction of sp³-hybridized carbons (Fsp3) is 0.900. The molecule has 0 saturated heterocycles. The van der Waals surface area contributed by atoms with E-state index < -0.39 is 0 Å². The smallest absolute Gasteiger partial charge is 0.159 e. The SMILES string of the molecule is CC1(C)CCC2(C)CCC3(C)C(C(=O)C=C4C5(C)CCC(O)C(C)(C)C5CCC43C)C2C1. The molecular formula is C30H48O2. The Hall–Kier alpha value is -0.630. The molecule has 5 rings (SSSR count). The molecule has 0 aromatic heterocycles. The molecule has 180 valence electrons.